The summed E-state index contributed by atoms with van der Waals surface area (Å²) < 4.78 is 0. The van der Waals surface area contributed by atoms with Crippen molar-refractivity contribution in [3.63, 3.8) is 0 Å². The number of rotatable bonds is 1. The third-order valence-corrected chi connectivity index (χ3v) is 2.06. The van der Waals surface area contributed by atoms with Crippen molar-refractivity contribution in [3.8, 4) is 0 Å². The van der Waals surface area contributed by atoms with Crippen LogP contribution in [0, 0.1) is 0 Å². The van der Waals surface area contributed by atoms with Crippen LogP contribution in [-0.4, -0.2) is 12.4 Å². The van der Waals surface area contributed by atoms with E-state index in [9.17, 15) is 0 Å². The summed E-state index contributed by atoms with van der Waals surface area (Å²) in [5.41, 5.74) is 9.81. The van der Waals surface area contributed by atoms with Gasteiger partial charge in [0, 0.05) is 6.54 Å². The fourth-order valence-corrected chi connectivity index (χ4v) is 1.38. The smallest absolute Gasteiger partial charge is 0.129 e. The molecule has 0 amide bonds. The van der Waals surface area contributed by atoms with Crippen LogP contribution in [-0.2, 0) is 0 Å². The fourth-order valence-electron chi connectivity index (χ4n) is 1.38. The third-order valence-electron chi connectivity index (χ3n) is 2.06. The summed E-state index contributed by atoms with van der Waals surface area (Å²) in [6, 6.07) is 10.2. The lowest BCUT2D eigenvalue weighted by atomic mass is 9.99. The van der Waals surface area contributed by atoms with Gasteiger partial charge in [0.05, 0.1) is 5.92 Å². The van der Waals surface area contributed by atoms with E-state index in [1.54, 1.807) is 0 Å². The van der Waals surface area contributed by atoms with Gasteiger partial charge in [0.15, 0.2) is 0 Å². The van der Waals surface area contributed by atoms with Gasteiger partial charge in [-0.1, -0.05) is 30.3 Å². The molecule has 3 N–H and O–H groups in total. The first-order valence-electron chi connectivity index (χ1n) is 3.99. The summed E-state index contributed by atoms with van der Waals surface area (Å²) >= 11 is 0. The number of hydrogen-bond donors (Lipinski definition) is 2. The molecular formula is C9H11N3. The number of nitrogens with two attached hydrogens (primary N) is 1. The van der Waals surface area contributed by atoms with Crippen LogP contribution in [0.5, 0.6) is 0 Å². The molecule has 1 aliphatic rings. The Morgan fingerprint density at radius 3 is 2.67 bits per heavy atom. The maximum Gasteiger partial charge on any atom is 0.129 e. The molecule has 0 saturated heterocycles. The number of hydrogen-bond acceptors (Lipinski definition) is 3. The number of nitrogens with zero attached hydrogens (tertiary/aromatic N) is 1. The Kier molecular flexibility index (Phi) is 1.70. The predicted octanol–water partition coefficient (Wildman–Crippen LogP) is 0.646. The average molecular weight is 161 g/mol. The Labute approximate surface area is 71.3 Å². The van der Waals surface area contributed by atoms with Gasteiger partial charge in [0.25, 0.3) is 0 Å². The molecule has 0 saturated carbocycles. The molecule has 12 heavy (non-hydrogen) atoms. The van der Waals surface area contributed by atoms with Gasteiger partial charge in [0.1, 0.15) is 5.84 Å². The summed E-state index contributed by atoms with van der Waals surface area (Å²) in [6.07, 6.45) is 0. The van der Waals surface area contributed by atoms with E-state index < -0.39 is 0 Å². The van der Waals surface area contributed by atoms with Gasteiger partial charge < -0.3 is 11.2 Å². The highest BCUT2D eigenvalue weighted by Crippen LogP contribution is 2.17. The predicted molar refractivity (Wildman–Crippen MR) is 48.8 cm³/mol. The van der Waals surface area contributed by atoms with Crippen molar-refractivity contribution in [1.29, 1.82) is 0 Å². The summed E-state index contributed by atoms with van der Waals surface area (Å²) in [4.78, 5) is 0. The number of amidine groups is 1. The second kappa shape index (κ2) is 2.85. The van der Waals surface area contributed by atoms with Crippen molar-refractivity contribution in [1.82, 2.24) is 5.43 Å². The zero-order chi connectivity index (χ0) is 8.39. The van der Waals surface area contributed by atoms with Crippen molar-refractivity contribution < 1.29 is 0 Å². The normalized spacial score (nSPS) is 21.7. The molecule has 62 valence electrons. The lowest BCUT2D eigenvalue weighted by molar-refractivity contribution is 0.763. The van der Waals surface area contributed by atoms with Crippen LogP contribution in [0.15, 0.2) is 35.4 Å². The van der Waals surface area contributed by atoms with Crippen LogP contribution in [0.25, 0.3) is 0 Å². The number of nitrogens with one attached hydrogen (secondary N) is 1. The Balaban J connectivity index is 2.27. The molecule has 0 fully saturated rings. The molecule has 1 unspecified atom stereocenters. The van der Waals surface area contributed by atoms with E-state index in [2.05, 4.69) is 22.7 Å². The van der Waals surface area contributed by atoms with E-state index in [0.717, 1.165) is 6.54 Å². The third kappa shape index (κ3) is 1.13. The molecule has 3 heteroatoms. The fraction of sp³-hybridized carbons (Fsp3) is 0.222. The van der Waals surface area contributed by atoms with Gasteiger partial charge in [-0.05, 0) is 5.56 Å². The van der Waals surface area contributed by atoms with Gasteiger partial charge in [-0.3, -0.25) is 0 Å². The molecule has 2 rings (SSSR count). The second-order valence-electron chi connectivity index (χ2n) is 2.86. The molecule has 1 aliphatic heterocycles. The summed E-state index contributed by atoms with van der Waals surface area (Å²) in [5.74, 6) is 0.937. The van der Waals surface area contributed by atoms with Crippen LogP contribution in [0.3, 0.4) is 0 Å². The lowest BCUT2D eigenvalue weighted by Gasteiger charge is -2.07. The first-order valence-corrected chi connectivity index (χ1v) is 3.99. The minimum atomic E-state index is 0.256. The van der Waals surface area contributed by atoms with E-state index >= 15 is 0 Å². The summed E-state index contributed by atoms with van der Waals surface area (Å²) in [7, 11) is 0. The van der Waals surface area contributed by atoms with Gasteiger partial charge in [0.2, 0.25) is 0 Å². The first kappa shape index (κ1) is 7.16. The van der Waals surface area contributed by atoms with Crippen LogP contribution >= 0.6 is 0 Å². The number of benzene rings is 1. The molecule has 0 spiro atoms. The maximum absolute atomic E-state index is 5.70. The Morgan fingerprint density at radius 1 is 1.33 bits per heavy atom. The van der Waals surface area contributed by atoms with Gasteiger partial charge in [-0.15, -0.1) is 0 Å². The van der Waals surface area contributed by atoms with E-state index in [1.807, 2.05) is 18.2 Å². The van der Waals surface area contributed by atoms with E-state index in [0.29, 0.717) is 5.84 Å². The van der Waals surface area contributed by atoms with Crippen molar-refractivity contribution in [2.24, 2.45) is 10.8 Å². The molecule has 3 nitrogen and oxygen atoms in total. The molecule has 1 heterocycles. The summed E-state index contributed by atoms with van der Waals surface area (Å²) in [5, 5.41) is 3.94. The van der Waals surface area contributed by atoms with Crippen LogP contribution in [0.4, 0.5) is 0 Å². The van der Waals surface area contributed by atoms with Crippen molar-refractivity contribution in [2.75, 3.05) is 6.54 Å². The van der Waals surface area contributed by atoms with Crippen LogP contribution in [0.1, 0.15) is 11.5 Å². The second-order valence-corrected chi connectivity index (χ2v) is 2.86. The monoisotopic (exact) mass is 161 g/mol. The number of hydrazone groups is 1. The molecule has 1 atom stereocenters. The van der Waals surface area contributed by atoms with Gasteiger partial charge in [-0.25, -0.2) is 0 Å². The lowest BCUT2D eigenvalue weighted by Crippen LogP contribution is -2.20. The van der Waals surface area contributed by atoms with Crippen molar-refractivity contribution in [2.45, 2.75) is 5.92 Å². The standard InChI is InChI=1S/C9H11N3/c10-9-8(6-11-12-9)7-4-2-1-3-5-7/h1-5,8,11H,6H2,(H2,10,12). The quantitative estimate of drug-likeness (QED) is 0.635. The zero-order valence-corrected chi connectivity index (χ0v) is 6.70. The average Bonchev–Trinajstić information content (AvgIpc) is 2.53. The largest absolute Gasteiger partial charge is 0.385 e. The minimum Gasteiger partial charge on any atom is -0.385 e. The SMILES string of the molecule is NC1=NNCC1c1ccccc1. The maximum atomic E-state index is 5.70. The molecule has 1 aromatic rings. The minimum absolute atomic E-state index is 0.256. The molecule has 0 bridgehead atoms. The molecule has 0 radical (unpaired) electrons. The zero-order valence-electron chi connectivity index (χ0n) is 6.70. The summed E-state index contributed by atoms with van der Waals surface area (Å²) in [6.45, 7) is 0.815. The Hall–Kier alpha value is -1.51. The van der Waals surface area contributed by atoms with Gasteiger partial charge in [-0.2, -0.15) is 5.10 Å². The Bertz CT molecular complexity index is 292. The molecule has 1 aromatic carbocycles. The molecular weight excluding hydrogens is 150 g/mol. The van der Waals surface area contributed by atoms with Crippen molar-refractivity contribution >= 4 is 5.84 Å². The highest BCUT2D eigenvalue weighted by atomic mass is 15.3. The first-order chi connectivity index (χ1) is 5.88. The Morgan fingerprint density at radius 2 is 2.08 bits per heavy atom. The molecule has 0 aliphatic carbocycles. The van der Waals surface area contributed by atoms with Crippen LogP contribution < -0.4 is 11.2 Å². The topological polar surface area (TPSA) is 50.4 Å². The van der Waals surface area contributed by atoms with E-state index in [1.165, 1.54) is 5.56 Å². The highest BCUT2D eigenvalue weighted by molar-refractivity contribution is 5.88. The van der Waals surface area contributed by atoms with Crippen LogP contribution in [0.2, 0.25) is 0 Å². The van der Waals surface area contributed by atoms with E-state index in [-0.39, 0.29) is 5.92 Å². The van der Waals surface area contributed by atoms with E-state index in [4.69, 9.17) is 5.73 Å². The molecule has 0 aromatic heterocycles. The van der Waals surface area contributed by atoms with Gasteiger partial charge >= 0.3 is 0 Å². The highest BCUT2D eigenvalue weighted by Gasteiger charge is 2.19. The van der Waals surface area contributed by atoms with Crippen molar-refractivity contribution in [3.05, 3.63) is 35.9 Å².